The fourth-order valence-corrected chi connectivity index (χ4v) is 3.56. The number of anilines is 1. The molecule has 0 spiro atoms. The van der Waals surface area contributed by atoms with Crippen molar-refractivity contribution in [1.82, 2.24) is 24.7 Å². The predicted molar refractivity (Wildman–Crippen MR) is 99.3 cm³/mol. The number of rotatable bonds is 7. The Balaban J connectivity index is 1.79. The number of carbonyl (C=O) groups excluding carboxylic acids is 1. The van der Waals surface area contributed by atoms with Crippen molar-refractivity contribution in [2.45, 2.75) is 57.4 Å². The summed E-state index contributed by atoms with van der Waals surface area (Å²) in [6, 6.07) is 3.64. The number of hydrogen-bond donors (Lipinski definition) is 1. The third-order valence-electron chi connectivity index (χ3n) is 3.84. The summed E-state index contributed by atoms with van der Waals surface area (Å²) in [6.07, 6.45) is 2.67. The molecule has 3 aromatic rings. The first-order chi connectivity index (χ1) is 12.5. The van der Waals surface area contributed by atoms with Crippen LogP contribution in [0.4, 0.5) is 5.82 Å². The average Bonchev–Trinajstić information content (AvgIpc) is 3.17. The Morgan fingerprint density at radius 2 is 2.12 bits per heavy atom. The van der Waals surface area contributed by atoms with Crippen molar-refractivity contribution >= 4 is 29.3 Å². The number of hydrogen-bond acceptors (Lipinski definition) is 7. The monoisotopic (exact) mass is 374 g/mol. The third kappa shape index (κ3) is 4.21. The number of fused-ring (bicyclic) bond motifs is 1. The molecule has 1 unspecified atom stereocenters. The molecule has 1 amide bonds. The first kappa shape index (κ1) is 18.4. The fraction of sp³-hybridized carbons (Fsp3) is 0.471. The van der Waals surface area contributed by atoms with Gasteiger partial charge in [-0.1, -0.05) is 36.7 Å². The molecular weight excluding hydrogens is 352 g/mol. The fourth-order valence-electron chi connectivity index (χ4n) is 2.59. The van der Waals surface area contributed by atoms with Crippen molar-refractivity contribution in [3.05, 3.63) is 29.3 Å². The third-order valence-corrected chi connectivity index (χ3v) is 4.96. The lowest BCUT2D eigenvalue weighted by Gasteiger charge is -2.13. The lowest BCUT2D eigenvalue weighted by atomic mass is 10.2. The van der Waals surface area contributed by atoms with E-state index in [9.17, 15) is 4.79 Å². The minimum Gasteiger partial charge on any atom is -0.360 e. The van der Waals surface area contributed by atoms with Gasteiger partial charge in [0.15, 0.2) is 5.82 Å². The number of amides is 1. The highest BCUT2D eigenvalue weighted by molar-refractivity contribution is 8.00. The molecule has 0 fully saturated rings. The highest BCUT2D eigenvalue weighted by atomic mass is 32.2. The molecule has 0 saturated carbocycles. The van der Waals surface area contributed by atoms with E-state index in [2.05, 4.69) is 32.5 Å². The van der Waals surface area contributed by atoms with Crippen LogP contribution in [0.1, 0.15) is 43.3 Å². The zero-order valence-corrected chi connectivity index (χ0v) is 16.1. The van der Waals surface area contributed by atoms with Crippen molar-refractivity contribution in [2.24, 2.45) is 0 Å². The molecule has 138 valence electrons. The maximum Gasteiger partial charge on any atom is 0.253 e. The molecule has 1 atom stereocenters. The Morgan fingerprint density at radius 3 is 2.81 bits per heavy atom. The van der Waals surface area contributed by atoms with E-state index in [4.69, 9.17) is 4.52 Å². The molecule has 26 heavy (non-hydrogen) atoms. The van der Waals surface area contributed by atoms with Crippen molar-refractivity contribution in [3.63, 3.8) is 0 Å². The van der Waals surface area contributed by atoms with Gasteiger partial charge in [-0.05, 0) is 33.3 Å². The van der Waals surface area contributed by atoms with E-state index in [1.807, 2.05) is 19.9 Å². The maximum atomic E-state index is 12.7. The predicted octanol–water partition coefficient (Wildman–Crippen LogP) is 3.33. The Morgan fingerprint density at radius 1 is 1.31 bits per heavy atom. The van der Waals surface area contributed by atoms with Crippen LogP contribution in [0.3, 0.4) is 0 Å². The number of thioether (sulfide) groups is 1. The van der Waals surface area contributed by atoms with Crippen LogP contribution >= 0.6 is 11.8 Å². The molecule has 9 heteroatoms. The first-order valence-electron chi connectivity index (χ1n) is 8.58. The summed E-state index contributed by atoms with van der Waals surface area (Å²) in [5.74, 6) is 1.49. The maximum absolute atomic E-state index is 12.7. The van der Waals surface area contributed by atoms with Crippen LogP contribution in [0.15, 0.2) is 21.8 Å². The van der Waals surface area contributed by atoms with Crippen LogP contribution in [-0.4, -0.2) is 35.9 Å². The first-order valence-corrected chi connectivity index (χ1v) is 9.46. The quantitative estimate of drug-likeness (QED) is 0.633. The normalized spacial score (nSPS) is 12.5. The summed E-state index contributed by atoms with van der Waals surface area (Å²) in [5.41, 5.74) is 1.85. The van der Waals surface area contributed by atoms with Crippen LogP contribution in [0.2, 0.25) is 0 Å². The molecule has 1 N–H and O–H groups in total. The number of aromatic nitrogens is 5. The van der Waals surface area contributed by atoms with Gasteiger partial charge in [0, 0.05) is 17.5 Å². The van der Waals surface area contributed by atoms with E-state index in [-0.39, 0.29) is 11.2 Å². The molecule has 8 nitrogen and oxygen atoms in total. The molecule has 3 heterocycles. The standard InChI is InChI=1S/C17H22N6O2S/c1-5-6-7-13(15(24)19-14-9-12(4)25-22-14)26-17-20-16-18-10(2)8-11(3)23(16)21-17/h8-9,13H,5-7H2,1-4H3,(H,19,22,24). The zero-order chi connectivity index (χ0) is 18.7. The van der Waals surface area contributed by atoms with Crippen LogP contribution in [0.5, 0.6) is 0 Å². The second-order valence-corrected chi connectivity index (χ2v) is 7.38. The SMILES string of the molecule is CCCCC(Sc1nc2nc(C)cc(C)n2n1)C(=O)Nc1cc(C)on1. The van der Waals surface area contributed by atoms with E-state index in [0.29, 0.717) is 22.5 Å². The molecule has 0 bridgehead atoms. The Hall–Kier alpha value is -2.42. The molecule has 0 radical (unpaired) electrons. The van der Waals surface area contributed by atoms with Gasteiger partial charge in [-0.3, -0.25) is 4.79 Å². The summed E-state index contributed by atoms with van der Waals surface area (Å²) in [6.45, 7) is 7.76. The van der Waals surface area contributed by atoms with Gasteiger partial charge in [-0.2, -0.15) is 4.98 Å². The summed E-state index contributed by atoms with van der Waals surface area (Å²) in [4.78, 5) is 21.5. The van der Waals surface area contributed by atoms with Crippen LogP contribution in [-0.2, 0) is 4.79 Å². The van der Waals surface area contributed by atoms with E-state index in [0.717, 1.165) is 30.7 Å². The number of nitrogens with zero attached hydrogens (tertiary/aromatic N) is 5. The van der Waals surface area contributed by atoms with E-state index >= 15 is 0 Å². The molecular formula is C17H22N6O2S. The van der Waals surface area contributed by atoms with Gasteiger partial charge < -0.3 is 9.84 Å². The number of aryl methyl sites for hydroxylation is 3. The van der Waals surface area contributed by atoms with Gasteiger partial charge >= 0.3 is 0 Å². The molecule has 0 saturated heterocycles. The summed E-state index contributed by atoms with van der Waals surface area (Å²) in [7, 11) is 0. The smallest absolute Gasteiger partial charge is 0.253 e. The van der Waals surface area contributed by atoms with Gasteiger partial charge in [0.05, 0.1) is 5.25 Å². The van der Waals surface area contributed by atoms with Crippen LogP contribution in [0, 0.1) is 20.8 Å². The number of unbranched alkanes of at least 4 members (excludes halogenated alkanes) is 1. The van der Waals surface area contributed by atoms with Gasteiger partial charge in [0.1, 0.15) is 5.76 Å². The highest BCUT2D eigenvalue weighted by Gasteiger charge is 2.23. The lowest BCUT2D eigenvalue weighted by Crippen LogP contribution is -2.25. The van der Waals surface area contributed by atoms with Crippen molar-refractivity contribution in [1.29, 1.82) is 0 Å². The largest absolute Gasteiger partial charge is 0.360 e. The molecule has 0 aliphatic heterocycles. The van der Waals surface area contributed by atoms with Crippen LogP contribution < -0.4 is 5.32 Å². The molecule has 0 aliphatic carbocycles. The lowest BCUT2D eigenvalue weighted by molar-refractivity contribution is -0.115. The van der Waals surface area contributed by atoms with Gasteiger partial charge in [0.2, 0.25) is 11.1 Å². The second kappa shape index (κ2) is 7.86. The van der Waals surface area contributed by atoms with Crippen molar-refractivity contribution in [3.8, 4) is 0 Å². The van der Waals surface area contributed by atoms with Crippen molar-refractivity contribution < 1.29 is 9.32 Å². The Kier molecular flexibility index (Phi) is 5.55. The minimum atomic E-state index is -0.314. The number of nitrogens with one attached hydrogen (secondary N) is 1. The second-order valence-electron chi connectivity index (χ2n) is 6.21. The van der Waals surface area contributed by atoms with Gasteiger partial charge in [0.25, 0.3) is 5.78 Å². The molecule has 3 aromatic heterocycles. The molecule has 0 aromatic carbocycles. The summed E-state index contributed by atoms with van der Waals surface area (Å²) in [5, 5.41) is 11.3. The number of carbonyl (C=O) groups is 1. The topological polar surface area (TPSA) is 98.2 Å². The van der Waals surface area contributed by atoms with Gasteiger partial charge in [-0.15, -0.1) is 5.10 Å². The Labute approximate surface area is 155 Å². The minimum absolute atomic E-state index is 0.128. The summed E-state index contributed by atoms with van der Waals surface area (Å²) >= 11 is 1.35. The van der Waals surface area contributed by atoms with E-state index in [1.54, 1.807) is 17.5 Å². The molecule has 3 rings (SSSR count). The van der Waals surface area contributed by atoms with Gasteiger partial charge in [-0.25, -0.2) is 9.50 Å². The molecule has 0 aliphatic rings. The van der Waals surface area contributed by atoms with Crippen LogP contribution in [0.25, 0.3) is 5.78 Å². The van der Waals surface area contributed by atoms with E-state index < -0.39 is 0 Å². The highest BCUT2D eigenvalue weighted by Crippen LogP contribution is 2.26. The summed E-state index contributed by atoms with van der Waals surface area (Å²) < 4.78 is 6.70. The average molecular weight is 374 g/mol. The Bertz CT molecular complexity index is 919. The zero-order valence-electron chi connectivity index (χ0n) is 15.3. The van der Waals surface area contributed by atoms with Crippen molar-refractivity contribution in [2.75, 3.05) is 5.32 Å². The van der Waals surface area contributed by atoms with E-state index in [1.165, 1.54) is 11.8 Å².